The lowest BCUT2D eigenvalue weighted by Gasteiger charge is -2.22. The molecule has 0 bridgehead atoms. The molecule has 1 unspecified atom stereocenters. The van der Waals surface area contributed by atoms with E-state index in [1.165, 1.54) is 4.31 Å². The van der Waals surface area contributed by atoms with Gasteiger partial charge in [0.1, 0.15) is 0 Å². The van der Waals surface area contributed by atoms with Crippen molar-refractivity contribution in [3.63, 3.8) is 0 Å². The molecule has 1 aromatic rings. The highest BCUT2D eigenvalue weighted by atomic mass is 35.5. The van der Waals surface area contributed by atoms with Crippen LogP contribution in [0.4, 0.5) is 0 Å². The van der Waals surface area contributed by atoms with E-state index in [2.05, 4.69) is 0 Å². The van der Waals surface area contributed by atoms with Gasteiger partial charge in [0, 0.05) is 24.0 Å². The van der Waals surface area contributed by atoms with Crippen molar-refractivity contribution in [2.24, 2.45) is 5.92 Å². The van der Waals surface area contributed by atoms with Gasteiger partial charge in [-0.1, -0.05) is 43.6 Å². The zero-order chi connectivity index (χ0) is 14.5. The first-order valence-corrected chi connectivity index (χ1v) is 8.70. The van der Waals surface area contributed by atoms with E-state index < -0.39 is 10.0 Å². The standard InChI is InChI=1S/C13H19Cl2NO2S/c1-3-16(19(17,18)10-11(2)8-14)9-12-6-4-5-7-13(12)15/h4-7,11H,3,8-10H2,1-2H3. The minimum absolute atomic E-state index is 0.0630. The summed E-state index contributed by atoms with van der Waals surface area (Å²) in [6.07, 6.45) is 0. The molecule has 0 spiro atoms. The predicted octanol–water partition coefficient (Wildman–Crippen LogP) is 3.37. The number of rotatable bonds is 7. The molecule has 0 aromatic heterocycles. The van der Waals surface area contributed by atoms with Gasteiger partial charge in [0.25, 0.3) is 0 Å². The lowest BCUT2D eigenvalue weighted by Crippen LogP contribution is -2.34. The van der Waals surface area contributed by atoms with E-state index >= 15 is 0 Å². The number of hydrogen-bond donors (Lipinski definition) is 0. The number of alkyl halides is 1. The number of benzene rings is 1. The maximum atomic E-state index is 12.3. The van der Waals surface area contributed by atoms with Crippen LogP contribution < -0.4 is 0 Å². The Morgan fingerprint density at radius 1 is 1.32 bits per heavy atom. The molecule has 108 valence electrons. The Bertz CT molecular complexity index is 505. The van der Waals surface area contributed by atoms with E-state index in [0.717, 1.165) is 5.56 Å². The van der Waals surface area contributed by atoms with E-state index in [-0.39, 0.29) is 11.7 Å². The summed E-state index contributed by atoms with van der Waals surface area (Å²) < 4.78 is 26.0. The van der Waals surface area contributed by atoms with Crippen LogP contribution in [0.2, 0.25) is 5.02 Å². The average molecular weight is 324 g/mol. The van der Waals surface area contributed by atoms with E-state index in [1.54, 1.807) is 6.07 Å². The van der Waals surface area contributed by atoms with Crippen molar-refractivity contribution < 1.29 is 8.42 Å². The van der Waals surface area contributed by atoms with Crippen LogP contribution in [0, 0.1) is 5.92 Å². The molecule has 3 nitrogen and oxygen atoms in total. The molecule has 19 heavy (non-hydrogen) atoms. The third-order valence-electron chi connectivity index (χ3n) is 2.81. The monoisotopic (exact) mass is 323 g/mol. The summed E-state index contributed by atoms with van der Waals surface area (Å²) in [6, 6.07) is 7.28. The van der Waals surface area contributed by atoms with Crippen molar-refractivity contribution in [3.8, 4) is 0 Å². The minimum atomic E-state index is -3.31. The Hall–Kier alpha value is -0.290. The lowest BCUT2D eigenvalue weighted by molar-refractivity contribution is 0.419. The fourth-order valence-corrected chi connectivity index (χ4v) is 3.94. The van der Waals surface area contributed by atoms with Gasteiger partial charge in [-0.2, -0.15) is 4.31 Å². The summed E-state index contributed by atoms with van der Waals surface area (Å²) in [7, 11) is -3.31. The summed E-state index contributed by atoms with van der Waals surface area (Å²) >= 11 is 11.8. The van der Waals surface area contributed by atoms with E-state index in [4.69, 9.17) is 23.2 Å². The molecule has 0 aliphatic heterocycles. The second kappa shape index (κ2) is 7.48. The normalized spacial score (nSPS) is 13.7. The molecule has 0 aliphatic rings. The Labute approximate surface area is 125 Å². The maximum absolute atomic E-state index is 12.3. The van der Waals surface area contributed by atoms with Crippen LogP contribution in [0.25, 0.3) is 0 Å². The highest BCUT2D eigenvalue weighted by Gasteiger charge is 2.23. The quantitative estimate of drug-likeness (QED) is 0.721. The van der Waals surface area contributed by atoms with E-state index in [1.807, 2.05) is 32.0 Å². The van der Waals surface area contributed by atoms with Gasteiger partial charge in [-0.15, -0.1) is 11.6 Å². The molecular formula is C13H19Cl2NO2S. The molecule has 6 heteroatoms. The molecular weight excluding hydrogens is 305 g/mol. The molecule has 0 saturated carbocycles. The zero-order valence-corrected chi connectivity index (χ0v) is 13.5. The minimum Gasteiger partial charge on any atom is -0.212 e. The van der Waals surface area contributed by atoms with Crippen molar-refractivity contribution in [1.29, 1.82) is 0 Å². The zero-order valence-electron chi connectivity index (χ0n) is 11.1. The van der Waals surface area contributed by atoms with Gasteiger partial charge in [0.15, 0.2) is 0 Å². The van der Waals surface area contributed by atoms with E-state index in [9.17, 15) is 8.42 Å². The third-order valence-corrected chi connectivity index (χ3v) is 5.87. The van der Waals surface area contributed by atoms with Crippen molar-refractivity contribution in [2.75, 3.05) is 18.2 Å². The fraction of sp³-hybridized carbons (Fsp3) is 0.538. The summed E-state index contributed by atoms with van der Waals surface area (Å²) in [5, 5.41) is 0.585. The van der Waals surface area contributed by atoms with Gasteiger partial charge in [-0.05, 0) is 17.5 Å². The average Bonchev–Trinajstić information content (AvgIpc) is 2.36. The Balaban J connectivity index is 2.87. The van der Waals surface area contributed by atoms with Crippen LogP contribution in [0.15, 0.2) is 24.3 Å². The molecule has 0 saturated heterocycles. The SMILES string of the molecule is CCN(Cc1ccccc1Cl)S(=O)(=O)CC(C)CCl. The highest BCUT2D eigenvalue weighted by molar-refractivity contribution is 7.89. The van der Waals surface area contributed by atoms with Crippen LogP contribution in [0.1, 0.15) is 19.4 Å². The van der Waals surface area contributed by atoms with Gasteiger partial charge in [0.2, 0.25) is 10.0 Å². The van der Waals surface area contributed by atoms with Crippen LogP contribution in [-0.2, 0) is 16.6 Å². The fourth-order valence-electron chi connectivity index (χ4n) is 1.73. The number of hydrogen-bond acceptors (Lipinski definition) is 2. The molecule has 0 fully saturated rings. The summed E-state index contributed by atoms with van der Waals surface area (Å²) in [5.41, 5.74) is 0.813. The van der Waals surface area contributed by atoms with Gasteiger partial charge in [-0.3, -0.25) is 0 Å². The molecule has 1 atom stereocenters. The molecule has 0 N–H and O–H groups in total. The van der Waals surface area contributed by atoms with Crippen molar-refractivity contribution in [3.05, 3.63) is 34.9 Å². The molecule has 0 amide bonds. The first-order valence-electron chi connectivity index (χ1n) is 6.18. The Kier molecular flexibility index (Phi) is 6.60. The molecule has 0 heterocycles. The molecule has 0 radical (unpaired) electrons. The van der Waals surface area contributed by atoms with Crippen LogP contribution in [0.5, 0.6) is 0 Å². The van der Waals surface area contributed by atoms with Crippen LogP contribution in [0.3, 0.4) is 0 Å². The van der Waals surface area contributed by atoms with Crippen molar-refractivity contribution in [2.45, 2.75) is 20.4 Å². The maximum Gasteiger partial charge on any atom is 0.214 e. The number of nitrogens with zero attached hydrogens (tertiary/aromatic N) is 1. The van der Waals surface area contributed by atoms with Crippen LogP contribution >= 0.6 is 23.2 Å². The number of sulfonamides is 1. The second-order valence-corrected chi connectivity index (χ2v) is 7.28. The largest absolute Gasteiger partial charge is 0.214 e. The predicted molar refractivity (Wildman–Crippen MR) is 81.2 cm³/mol. The lowest BCUT2D eigenvalue weighted by atomic mass is 10.2. The van der Waals surface area contributed by atoms with Gasteiger partial charge in [0.05, 0.1) is 5.75 Å². The topological polar surface area (TPSA) is 37.4 Å². The summed E-state index contributed by atoms with van der Waals surface area (Å²) in [4.78, 5) is 0. The first-order chi connectivity index (χ1) is 8.90. The smallest absolute Gasteiger partial charge is 0.212 e. The summed E-state index contributed by atoms with van der Waals surface area (Å²) in [6.45, 7) is 4.36. The van der Waals surface area contributed by atoms with Crippen LogP contribution in [-0.4, -0.2) is 30.9 Å². The number of halogens is 2. The second-order valence-electron chi connectivity index (χ2n) is 4.56. The highest BCUT2D eigenvalue weighted by Crippen LogP contribution is 2.19. The molecule has 1 aromatic carbocycles. The van der Waals surface area contributed by atoms with E-state index in [0.29, 0.717) is 24.0 Å². The first kappa shape index (κ1) is 16.8. The summed E-state index contributed by atoms with van der Waals surface area (Å²) in [5.74, 6) is 0.337. The van der Waals surface area contributed by atoms with Crippen molar-refractivity contribution in [1.82, 2.24) is 4.31 Å². The van der Waals surface area contributed by atoms with Gasteiger partial charge >= 0.3 is 0 Å². The Morgan fingerprint density at radius 3 is 2.47 bits per heavy atom. The van der Waals surface area contributed by atoms with Gasteiger partial charge < -0.3 is 0 Å². The Morgan fingerprint density at radius 2 is 1.95 bits per heavy atom. The third kappa shape index (κ3) is 4.95. The van der Waals surface area contributed by atoms with Gasteiger partial charge in [-0.25, -0.2) is 8.42 Å². The molecule has 1 rings (SSSR count). The van der Waals surface area contributed by atoms with Crippen molar-refractivity contribution >= 4 is 33.2 Å². The molecule has 0 aliphatic carbocycles.